The molecule has 114 valence electrons. The summed E-state index contributed by atoms with van der Waals surface area (Å²) in [6.45, 7) is -0.396. The maximum Gasteiger partial charge on any atom is 0.190 e. The molecule has 0 saturated carbocycles. The van der Waals surface area contributed by atoms with Gasteiger partial charge in [-0.1, -0.05) is 23.4 Å². The van der Waals surface area contributed by atoms with Gasteiger partial charge in [0.05, 0.1) is 12.9 Å². The fraction of sp³-hybridized carbons (Fsp3) is 0.545. The number of hydrogen-bond acceptors (Lipinski definition) is 8. The van der Waals surface area contributed by atoms with Gasteiger partial charge in [0.25, 0.3) is 0 Å². The second-order valence-electron chi connectivity index (χ2n) is 4.55. The van der Waals surface area contributed by atoms with Crippen LogP contribution in [-0.2, 0) is 4.74 Å². The lowest BCUT2D eigenvalue weighted by Gasteiger charge is -2.16. The number of thioether (sulfide) groups is 1. The van der Waals surface area contributed by atoms with Gasteiger partial charge in [0.1, 0.15) is 23.8 Å². The monoisotopic (exact) mass is 332 g/mol. The fourth-order valence-electron chi connectivity index (χ4n) is 2.25. The molecule has 21 heavy (non-hydrogen) atoms. The molecule has 1 fully saturated rings. The molecule has 3 heterocycles. The molecule has 0 unspecified atom stereocenters. The first-order valence-electron chi connectivity index (χ1n) is 6.13. The summed E-state index contributed by atoms with van der Waals surface area (Å²) < 4.78 is 6.94. The van der Waals surface area contributed by atoms with E-state index in [9.17, 15) is 10.2 Å². The van der Waals surface area contributed by atoms with E-state index in [2.05, 4.69) is 15.0 Å². The van der Waals surface area contributed by atoms with Gasteiger partial charge < -0.3 is 20.1 Å². The molecule has 0 aliphatic carbocycles. The Morgan fingerprint density at radius 1 is 1.38 bits per heavy atom. The summed E-state index contributed by atoms with van der Waals surface area (Å²) in [5.41, 5.74) is 0.779. The molecular weight excluding hydrogens is 320 g/mol. The van der Waals surface area contributed by atoms with E-state index < -0.39 is 31.1 Å². The first kappa shape index (κ1) is 14.9. The van der Waals surface area contributed by atoms with Crippen LogP contribution in [0.3, 0.4) is 0 Å². The Bertz CT molecular complexity index is 669. The van der Waals surface area contributed by atoms with Gasteiger partial charge in [-0.05, 0) is 6.26 Å². The average molecular weight is 333 g/mol. The summed E-state index contributed by atoms with van der Waals surface area (Å²) in [6, 6.07) is 0. The number of imidazole rings is 1. The van der Waals surface area contributed by atoms with Crippen molar-refractivity contribution in [2.24, 2.45) is 0 Å². The Kier molecular flexibility index (Phi) is 4.04. The first-order chi connectivity index (χ1) is 10.1. The minimum absolute atomic E-state index is 0.204. The normalized spacial score (nSPS) is 29.4. The van der Waals surface area contributed by atoms with Crippen LogP contribution in [0.1, 0.15) is 6.23 Å². The molecule has 0 amide bonds. The van der Waals surface area contributed by atoms with E-state index in [0.717, 1.165) is 0 Å². The summed E-state index contributed by atoms with van der Waals surface area (Å²) in [5, 5.41) is 29.7. The van der Waals surface area contributed by atoms with Crippen LogP contribution >= 0.6 is 23.4 Å². The molecule has 3 rings (SSSR count). The highest BCUT2D eigenvalue weighted by molar-refractivity contribution is 7.98. The first-order valence-corrected chi connectivity index (χ1v) is 7.73. The minimum atomic E-state index is -1.20. The van der Waals surface area contributed by atoms with Gasteiger partial charge in [-0.25, -0.2) is 15.0 Å². The third-order valence-corrected chi connectivity index (χ3v) is 4.14. The molecule has 0 spiro atoms. The lowest BCUT2D eigenvalue weighted by Crippen LogP contribution is -2.33. The third-order valence-electron chi connectivity index (χ3n) is 3.33. The van der Waals surface area contributed by atoms with Gasteiger partial charge in [-0.2, -0.15) is 0 Å². The summed E-state index contributed by atoms with van der Waals surface area (Å²) in [6.07, 6.45) is -0.927. The lowest BCUT2D eigenvalue weighted by molar-refractivity contribution is -0.0511. The van der Waals surface area contributed by atoms with Crippen LogP contribution in [0.2, 0.25) is 5.15 Å². The van der Waals surface area contributed by atoms with Crippen molar-refractivity contribution >= 4 is 34.5 Å². The topological polar surface area (TPSA) is 114 Å². The number of aromatic nitrogens is 4. The molecule has 3 N–H and O–H groups in total. The Morgan fingerprint density at radius 2 is 2.14 bits per heavy atom. The Morgan fingerprint density at radius 3 is 2.76 bits per heavy atom. The number of ether oxygens (including phenoxy) is 1. The zero-order valence-electron chi connectivity index (χ0n) is 10.9. The van der Waals surface area contributed by atoms with Crippen molar-refractivity contribution in [1.82, 2.24) is 19.5 Å². The SMILES string of the molecule is CSc1nc(Cl)c2ncn([C@@H]3O[C@H](CO)[C@@H](O)[C@H]3O)c2n1. The number of halogens is 1. The number of hydrogen-bond donors (Lipinski definition) is 3. The van der Waals surface area contributed by atoms with E-state index in [-0.39, 0.29) is 5.15 Å². The molecule has 1 saturated heterocycles. The van der Waals surface area contributed by atoms with Crippen LogP contribution in [0.4, 0.5) is 0 Å². The molecule has 0 bridgehead atoms. The quantitative estimate of drug-likeness (QED) is 0.403. The molecule has 0 aromatic carbocycles. The number of rotatable bonds is 3. The predicted octanol–water partition coefficient (Wildman–Crippen LogP) is -0.187. The molecule has 10 heteroatoms. The van der Waals surface area contributed by atoms with Crippen molar-refractivity contribution in [2.45, 2.75) is 29.7 Å². The van der Waals surface area contributed by atoms with Crippen LogP contribution in [0.25, 0.3) is 11.2 Å². The standard InChI is InChI=1S/C11H13ClN4O4S/c1-21-11-14-8(12)5-9(15-11)16(3-13-5)10-7(19)6(18)4(2-17)20-10/h3-4,6-7,10,17-19H,2H2,1H3/t4-,6-,7-,10-/m1/s1. The number of fused-ring (bicyclic) bond motifs is 1. The summed E-state index contributed by atoms with van der Waals surface area (Å²) in [5.74, 6) is 0. The predicted molar refractivity (Wildman–Crippen MR) is 75.1 cm³/mol. The second kappa shape index (κ2) is 5.67. The van der Waals surface area contributed by atoms with Crippen LogP contribution in [0.5, 0.6) is 0 Å². The molecule has 1 aliphatic heterocycles. The maximum atomic E-state index is 10.1. The van der Waals surface area contributed by atoms with Crippen molar-refractivity contribution in [3.63, 3.8) is 0 Å². The number of aliphatic hydroxyl groups is 3. The van der Waals surface area contributed by atoms with Crippen molar-refractivity contribution in [1.29, 1.82) is 0 Å². The Balaban J connectivity index is 2.07. The number of nitrogens with zero attached hydrogens (tertiary/aromatic N) is 4. The van der Waals surface area contributed by atoms with E-state index >= 15 is 0 Å². The van der Waals surface area contributed by atoms with E-state index in [1.54, 1.807) is 0 Å². The van der Waals surface area contributed by atoms with E-state index in [4.69, 9.17) is 21.4 Å². The van der Waals surface area contributed by atoms with Crippen molar-refractivity contribution in [3.8, 4) is 0 Å². The van der Waals surface area contributed by atoms with Crippen LogP contribution in [0, 0.1) is 0 Å². The van der Waals surface area contributed by atoms with Gasteiger partial charge in [0.2, 0.25) is 0 Å². The Labute approximate surface area is 128 Å². The summed E-state index contributed by atoms with van der Waals surface area (Å²) in [7, 11) is 0. The third kappa shape index (κ3) is 2.39. The molecule has 4 atom stereocenters. The molecule has 8 nitrogen and oxygen atoms in total. The molecule has 2 aromatic rings. The summed E-state index contributed by atoms with van der Waals surface area (Å²) >= 11 is 7.37. The van der Waals surface area contributed by atoms with Gasteiger partial charge in [-0.15, -0.1) is 0 Å². The highest BCUT2D eigenvalue weighted by Gasteiger charge is 2.44. The zero-order valence-corrected chi connectivity index (χ0v) is 12.5. The van der Waals surface area contributed by atoms with Crippen molar-refractivity contribution in [3.05, 3.63) is 11.5 Å². The van der Waals surface area contributed by atoms with Crippen LogP contribution in [0.15, 0.2) is 11.5 Å². The molecule has 2 aromatic heterocycles. The van der Waals surface area contributed by atoms with Gasteiger partial charge in [0.15, 0.2) is 22.2 Å². The minimum Gasteiger partial charge on any atom is -0.394 e. The summed E-state index contributed by atoms with van der Waals surface area (Å²) in [4.78, 5) is 12.5. The smallest absolute Gasteiger partial charge is 0.190 e. The van der Waals surface area contributed by atoms with Gasteiger partial charge >= 0.3 is 0 Å². The van der Waals surface area contributed by atoms with E-state index in [1.807, 2.05) is 6.26 Å². The highest BCUT2D eigenvalue weighted by Crippen LogP contribution is 2.32. The molecule has 0 radical (unpaired) electrons. The van der Waals surface area contributed by atoms with Crippen molar-refractivity contribution < 1.29 is 20.1 Å². The van der Waals surface area contributed by atoms with Gasteiger partial charge in [0, 0.05) is 0 Å². The van der Waals surface area contributed by atoms with Crippen LogP contribution < -0.4 is 0 Å². The number of aliphatic hydroxyl groups excluding tert-OH is 3. The molecular formula is C11H13ClN4O4S. The van der Waals surface area contributed by atoms with E-state index in [1.165, 1.54) is 22.7 Å². The fourth-order valence-corrected chi connectivity index (χ4v) is 2.87. The Hall–Kier alpha value is -0.970. The van der Waals surface area contributed by atoms with Gasteiger partial charge in [-0.3, -0.25) is 4.57 Å². The molecule has 1 aliphatic rings. The lowest BCUT2D eigenvalue weighted by atomic mass is 10.1. The second-order valence-corrected chi connectivity index (χ2v) is 5.69. The zero-order chi connectivity index (χ0) is 15.1. The maximum absolute atomic E-state index is 10.1. The largest absolute Gasteiger partial charge is 0.394 e. The average Bonchev–Trinajstić information content (AvgIpc) is 3.02. The van der Waals surface area contributed by atoms with E-state index in [0.29, 0.717) is 16.3 Å². The van der Waals surface area contributed by atoms with Crippen molar-refractivity contribution in [2.75, 3.05) is 12.9 Å². The highest BCUT2D eigenvalue weighted by atomic mass is 35.5. The van der Waals surface area contributed by atoms with Crippen LogP contribution in [-0.4, -0.2) is 66.0 Å².